The van der Waals surface area contributed by atoms with E-state index < -0.39 is 10.0 Å². The summed E-state index contributed by atoms with van der Waals surface area (Å²) in [6, 6.07) is 3.76. The van der Waals surface area contributed by atoms with Crippen molar-refractivity contribution < 1.29 is 12.8 Å². The van der Waals surface area contributed by atoms with Crippen LogP contribution in [-0.4, -0.2) is 21.0 Å². The van der Waals surface area contributed by atoms with Gasteiger partial charge in [-0.25, -0.2) is 13.1 Å². The first-order valence-electron chi connectivity index (χ1n) is 6.42. The summed E-state index contributed by atoms with van der Waals surface area (Å²) in [4.78, 5) is 0. The molecule has 0 spiro atoms. The van der Waals surface area contributed by atoms with E-state index in [1.807, 2.05) is 19.9 Å². The highest BCUT2D eigenvalue weighted by atomic mass is 32.2. The van der Waals surface area contributed by atoms with E-state index in [0.29, 0.717) is 18.3 Å². The van der Waals surface area contributed by atoms with Gasteiger partial charge < -0.3 is 9.73 Å². The molecule has 0 atom stereocenters. The molecule has 1 saturated carbocycles. The molecule has 6 heteroatoms. The Morgan fingerprint density at radius 3 is 2.79 bits per heavy atom. The number of allylic oxidation sites excluding steroid dienone is 1. The van der Waals surface area contributed by atoms with Crippen molar-refractivity contribution in [3.63, 3.8) is 0 Å². The molecule has 2 N–H and O–H groups in total. The van der Waals surface area contributed by atoms with Gasteiger partial charge in [-0.05, 0) is 38.8 Å². The minimum absolute atomic E-state index is 0.0257. The van der Waals surface area contributed by atoms with Gasteiger partial charge >= 0.3 is 0 Å². The Hall–Kier alpha value is -1.11. The van der Waals surface area contributed by atoms with E-state index in [4.69, 9.17) is 4.42 Å². The van der Waals surface area contributed by atoms with Gasteiger partial charge in [-0.1, -0.05) is 11.6 Å². The lowest BCUT2D eigenvalue weighted by Gasteiger charge is -2.02. The summed E-state index contributed by atoms with van der Waals surface area (Å²) in [5, 5.41) is 3.25. The van der Waals surface area contributed by atoms with Crippen LogP contribution >= 0.6 is 0 Å². The second kappa shape index (κ2) is 5.90. The Balaban J connectivity index is 1.93. The van der Waals surface area contributed by atoms with Crippen molar-refractivity contribution in [1.82, 2.24) is 10.0 Å². The van der Waals surface area contributed by atoms with Crippen LogP contribution in [0.4, 0.5) is 0 Å². The minimum atomic E-state index is -3.55. The highest BCUT2D eigenvalue weighted by Crippen LogP contribution is 2.20. The van der Waals surface area contributed by atoms with Crippen LogP contribution in [0.1, 0.15) is 32.4 Å². The summed E-state index contributed by atoms with van der Waals surface area (Å²) < 4.78 is 31.7. The largest absolute Gasteiger partial charge is 0.447 e. The van der Waals surface area contributed by atoms with Crippen LogP contribution < -0.4 is 10.0 Å². The molecule has 1 aliphatic rings. The summed E-state index contributed by atoms with van der Waals surface area (Å²) in [5.41, 5.74) is 1.07. The Morgan fingerprint density at radius 1 is 1.42 bits per heavy atom. The van der Waals surface area contributed by atoms with Crippen LogP contribution in [0, 0.1) is 0 Å². The molecular weight excluding hydrogens is 264 g/mol. The summed E-state index contributed by atoms with van der Waals surface area (Å²) in [6.45, 7) is 4.70. The van der Waals surface area contributed by atoms with E-state index in [1.165, 1.54) is 18.9 Å². The number of hydrogen-bond acceptors (Lipinski definition) is 4. The maximum Gasteiger partial charge on any atom is 0.274 e. The van der Waals surface area contributed by atoms with Crippen LogP contribution in [0.5, 0.6) is 0 Å². The molecule has 19 heavy (non-hydrogen) atoms. The monoisotopic (exact) mass is 284 g/mol. The molecule has 5 nitrogen and oxygen atoms in total. The number of rotatable bonds is 7. The maximum atomic E-state index is 11.9. The Kier molecular flexibility index (Phi) is 4.44. The molecule has 106 valence electrons. The molecule has 0 amide bonds. The van der Waals surface area contributed by atoms with Crippen molar-refractivity contribution in [2.45, 2.75) is 44.4 Å². The van der Waals surface area contributed by atoms with Crippen molar-refractivity contribution in [2.24, 2.45) is 0 Å². The highest BCUT2D eigenvalue weighted by Gasteiger charge is 2.22. The molecule has 0 aromatic carbocycles. The van der Waals surface area contributed by atoms with E-state index >= 15 is 0 Å². The Morgan fingerprint density at radius 2 is 2.16 bits per heavy atom. The second-order valence-electron chi connectivity index (χ2n) is 5.01. The zero-order valence-corrected chi connectivity index (χ0v) is 12.1. The van der Waals surface area contributed by atoms with Crippen molar-refractivity contribution in [1.29, 1.82) is 0 Å². The third kappa shape index (κ3) is 4.49. The van der Waals surface area contributed by atoms with Crippen LogP contribution in [0.25, 0.3) is 0 Å². The van der Waals surface area contributed by atoms with Crippen LogP contribution in [0.2, 0.25) is 0 Å². The Bertz CT molecular complexity index is 552. The normalized spacial score (nSPS) is 15.5. The number of furan rings is 1. The van der Waals surface area contributed by atoms with Crippen molar-refractivity contribution in [2.75, 3.05) is 6.54 Å². The average Bonchev–Trinajstić information content (AvgIpc) is 3.02. The van der Waals surface area contributed by atoms with E-state index in [9.17, 15) is 8.42 Å². The first kappa shape index (κ1) is 14.3. The zero-order chi connectivity index (χ0) is 13.9. The number of sulfonamides is 1. The van der Waals surface area contributed by atoms with Crippen molar-refractivity contribution in [3.05, 3.63) is 29.5 Å². The molecule has 0 bridgehead atoms. The molecule has 2 rings (SSSR count). The molecule has 1 aliphatic carbocycles. The average molecular weight is 284 g/mol. The molecule has 1 heterocycles. The molecule has 0 aliphatic heterocycles. The number of hydrogen-bond donors (Lipinski definition) is 2. The lowest BCUT2D eigenvalue weighted by molar-refractivity contribution is 0.400. The maximum absolute atomic E-state index is 11.9. The van der Waals surface area contributed by atoms with Gasteiger partial charge in [0.05, 0.1) is 6.54 Å². The Labute approximate surface area is 114 Å². The van der Waals surface area contributed by atoms with E-state index in [1.54, 1.807) is 6.07 Å². The van der Waals surface area contributed by atoms with E-state index in [-0.39, 0.29) is 11.6 Å². The third-order valence-electron chi connectivity index (χ3n) is 2.83. The van der Waals surface area contributed by atoms with E-state index in [2.05, 4.69) is 10.0 Å². The summed E-state index contributed by atoms with van der Waals surface area (Å²) in [6.07, 6.45) is 4.20. The van der Waals surface area contributed by atoms with Gasteiger partial charge in [-0.15, -0.1) is 0 Å². The van der Waals surface area contributed by atoms with Gasteiger partial charge in [-0.2, -0.15) is 0 Å². The van der Waals surface area contributed by atoms with Crippen LogP contribution in [0.15, 0.2) is 33.3 Å². The van der Waals surface area contributed by atoms with Gasteiger partial charge in [0.15, 0.2) is 0 Å². The molecule has 1 aromatic heterocycles. The predicted molar refractivity (Wildman–Crippen MR) is 73.2 cm³/mol. The molecule has 0 saturated heterocycles. The fourth-order valence-electron chi connectivity index (χ4n) is 1.56. The first-order valence-corrected chi connectivity index (χ1v) is 7.91. The van der Waals surface area contributed by atoms with Gasteiger partial charge in [0.25, 0.3) is 10.0 Å². The minimum Gasteiger partial charge on any atom is -0.447 e. The van der Waals surface area contributed by atoms with Crippen LogP contribution in [-0.2, 0) is 16.6 Å². The fourth-order valence-corrected chi connectivity index (χ4v) is 2.47. The fraction of sp³-hybridized carbons (Fsp3) is 0.538. The SMILES string of the molecule is CC(C)=CCNS(=O)(=O)c1ccc(CNC2CC2)o1. The highest BCUT2D eigenvalue weighted by molar-refractivity contribution is 7.89. The first-order chi connectivity index (χ1) is 8.97. The predicted octanol–water partition coefficient (Wildman–Crippen LogP) is 1.78. The molecule has 0 unspecified atom stereocenters. The summed E-state index contributed by atoms with van der Waals surface area (Å²) in [5.74, 6) is 0.648. The lowest BCUT2D eigenvalue weighted by atomic mass is 10.3. The van der Waals surface area contributed by atoms with E-state index in [0.717, 1.165) is 5.57 Å². The number of nitrogens with one attached hydrogen (secondary N) is 2. The zero-order valence-electron chi connectivity index (χ0n) is 11.3. The molecule has 1 aromatic rings. The van der Waals surface area contributed by atoms with Crippen molar-refractivity contribution >= 4 is 10.0 Å². The quantitative estimate of drug-likeness (QED) is 0.749. The second-order valence-corrected chi connectivity index (χ2v) is 6.71. The van der Waals surface area contributed by atoms with Gasteiger partial charge in [-0.3, -0.25) is 0 Å². The smallest absolute Gasteiger partial charge is 0.274 e. The molecular formula is C13H20N2O3S. The molecule has 0 radical (unpaired) electrons. The van der Waals surface area contributed by atoms with Gasteiger partial charge in [0.2, 0.25) is 5.09 Å². The summed E-state index contributed by atoms with van der Waals surface area (Å²) in [7, 11) is -3.55. The third-order valence-corrected chi connectivity index (χ3v) is 4.12. The van der Waals surface area contributed by atoms with Crippen molar-refractivity contribution in [3.8, 4) is 0 Å². The van der Waals surface area contributed by atoms with Gasteiger partial charge in [0, 0.05) is 12.6 Å². The van der Waals surface area contributed by atoms with Gasteiger partial charge in [0.1, 0.15) is 5.76 Å². The van der Waals surface area contributed by atoms with Crippen LogP contribution in [0.3, 0.4) is 0 Å². The summed E-state index contributed by atoms with van der Waals surface area (Å²) >= 11 is 0. The lowest BCUT2D eigenvalue weighted by Crippen LogP contribution is -2.23. The standard InChI is InChI=1S/C13H20N2O3S/c1-10(2)7-8-15-19(16,17)13-6-5-12(18-13)9-14-11-3-4-11/h5-7,11,14-15H,3-4,8-9H2,1-2H3. The molecule has 1 fully saturated rings. The topological polar surface area (TPSA) is 71.3 Å².